The van der Waals surface area contributed by atoms with Crippen LogP contribution in [-0.4, -0.2) is 9.97 Å². The highest BCUT2D eigenvalue weighted by Crippen LogP contribution is 2.26. The quantitative estimate of drug-likeness (QED) is 0.606. The Morgan fingerprint density at radius 1 is 0.833 bits per heavy atom. The number of para-hydroxylation sites is 1. The molecule has 0 saturated heterocycles. The number of pyridine rings is 2. The summed E-state index contributed by atoms with van der Waals surface area (Å²) < 4.78 is 0. The predicted molar refractivity (Wildman–Crippen MR) is 75.0 cm³/mol. The van der Waals surface area contributed by atoms with Crippen LogP contribution in [0.2, 0.25) is 10.3 Å². The molecule has 3 rings (SSSR count). The van der Waals surface area contributed by atoms with Gasteiger partial charge in [-0.25, -0.2) is 4.98 Å². The summed E-state index contributed by atoms with van der Waals surface area (Å²) in [6.07, 6.45) is 1.81. The van der Waals surface area contributed by atoms with Crippen molar-refractivity contribution in [2.24, 2.45) is 0 Å². The molecule has 2 aromatic heterocycles. The molecule has 0 unspecified atom stereocenters. The minimum Gasteiger partial charge on any atom is -0.256 e. The van der Waals surface area contributed by atoms with Crippen LogP contribution in [0.3, 0.4) is 0 Å². The number of nitrogens with zero attached hydrogens (tertiary/aromatic N) is 2. The summed E-state index contributed by atoms with van der Waals surface area (Å²) in [5.41, 5.74) is 2.85. The van der Waals surface area contributed by atoms with Gasteiger partial charge in [-0.3, -0.25) is 4.98 Å². The molecule has 0 spiro atoms. The number of halogens is 2. The fourth-order valence-electron chi connectivity index (χ4n) is 1.86. The van der Waals surface area contributed by atoms with Crippen LogP contribution in [0.5, 0.6) is 0 Å². The minimum atomic E-state index is 0.380. The Kier molecular flexibility index (Phi) is 2.90. The molecule has 3 aromatic rings. The van der Waals surface area contributed by atoms with Gasteiger partial charge in [0.15, 0.2) is 0 Å². The summed E-state index contributed by atoms with van der Waals surface area (Å²) in [5.74, 6) is 0. The Labute approximate surface area is 114 Å². The highest BCUT2D eigenvalue weighted by molar-refractivity contribution is 6.32. The van der Waals surface area contributed by atoms with Crippen LogP contribution in [0.15, 0.2) is 48.7 Å². The Balaban J connectivity index is 2.19. The lowest BCUT2D eigenvalue weighted by Gasteiger charge is -2.04. The van der Waals surface area contributed by atoms with Crippen LogP contribution in [0.4, 0.5) is 0 Å². The molecule has 0 atom stereocenters. The molecule has 0 amide bonds. The Hall–Kier alpha value is -1.64. The van der Waals surface area contributed by atoms with Crippen LogP contribution < -0.4 is 0 Å². The standard InChI is InChI=1S/C14H8Cl2N2/c15-13-6-10(7-14(16)18-13)11-5-9-3-1-2-4-12(9)17-8-11/h1-8H. The van der Waals surface area contributed by atoms with Gasteiger partial charge in [-0.1, -0.05) is 41.4 Å². The molecule has 4 heteroatoms. The number of aromatic nitrogens is 2. The van der Waals surface area contributed by atoms with E-state index in [1.165, 1.54) is 0 Å². The number of hydrogen-bond acceptors (Lipinski definition) is 2. The van der Waals surface area contributed by atoms with Gasteiger partial charge in [0.05, 0.1) is 5.52 Å². The third-order valence-corrected chi connectivity index (χ3v) is 3.07. The fourth-order valence-corrected chi connectivity index (χ4v) is 2.32. The summed E-state index contributed by atoms with van der Waals surface area (Å²) in [4.78, 5) is 8.34. The molecule has 0 radical (unpaired) electrons. The third kappa shape index (κ3) is 2.17. The summed E-state index contributed by atoms with van der Waals surface area (Å²) in [7, 11) is 0. The normalized spacial score (nSPS) is 10.8. The Bertz CT molecular complexity index is 706. The molecular formula is C14H8Cl2N2. The van der Waals surface area contributed by atoms with Crippen LogP contribution in [0.25, 0.3) is 22.0 Å². The monoisotopic (exact) mass is 274 g/mol. The molecule has 0 aliphatic heterocycles. The molecule has 2 nitrogen and oxygen atoms in total. The predicted octanol–water partition coefficient (Wildman–Crippen LogP) is 4.60. The van der Waals surface area contributed by atoms with Crippen molar-refractivity contribution in [1.29, 1.82) is 0 Å². The maximum atomic E-state index is 5.90. The van der Waals surface area contributed by atoms with E-state index in [9.17, 15) is 0 Å². The average molecular weight is 275 g/mol. The summed E-state index contributed by atoms with van der Waals surface area (Å²) >= 11 is 11.8. The molecular weight excluding hydrogens is 267 g/mol. The van der Waals surface area contributed by atoms with Crippen molar-refractivity contribution in [3.8, 4) is 11.1 Å². The van der Waals surface area contributed by atoms with Crippen molar-refractivity contribution in [1.82, 2.24) is 9.97 Å². The van der Waals surface area contributed by atoms with Crippen molar-refractivity contribution < 1.29 is 0 Å². The van der Waals surface area contributed by atoms with Gasteiger partial charge in [0.25, 0.3) is 0 Å². The van der Waals surface area contributed by atoms with Gasteiger partial charge in [0.2, 0.25) is 0 Å². The molecule has 0 bridgehead atoms. The molecule has 0 saturated carbocycles. The Morgan fingerprint density at radius 2 is 1.56 bits per heavy atom. The Morgan fingerprint density at radius 3 is 2.33 bits per heavy atom. The van der Waals surface area contributed by atoms with E-state index in [2.05, 4.69) is 16.0 Å². The van der Waals surface area contributed by atoms with Crippen molar-refractivity contribution in [2.75, 3.05) is 0 Å². The van der Waals surface area contributed by atoms with Crippen LogP contribution >= 0.6 is 23.2 Å². The molecule has 2 heterocycles. The van der Waals surface area contributed by atoms with E-state index in [1.807, 2.05) is 30.5 Å². The lowest BCUT2D eigenvalue weighted by Crippen LogP contribution is -1.85. The van der Waals surface area contributed by atoms with Crippen molar-refractivity contribution >= 4 is 34.1 Å². The smallest absolute Gasteiger partial charge is 0.131 e. The molecule has 0 aliphatic carbocycles. The van der Waals surface area contributed by atoms with E-state index < -0.39 is 0 Å². The van der Waals surface area contributed by atoms with E-state index in [0.717, 1.165) is 22.0 Å². The van der Waals surface area contributed by atoms with Crippen molar-refractivity contribution in [3.05, 3.63) is 59.0 Å². The molecule has 0 fully saturated rings. The van der Waals surface area contributed by atoms with Gasteiger partial charge in [-0.2, -0.15) is 0 Å². The fraction of sp³-hybridized carbons (Fsp3) is 0. The molecule has 1 aromatic carbocycles. The van der Waals surface area contributed by atoms with Gasteiger partial charge in [-0.15, -0.1) is 0 Å². The summed E-state index contributed by atoms with van der Waals surface area (Å²) in [6, 6.07) is 13.6. The molecule has 0 N–H and O–H groups in total. The first-order chi connectivity index (χ1) is 8.72. The first kappa shape index (κ1) is 11.5. The largest absolute Gasteiger partial charge is 0.256 e. The zero-order chi connectivity index (χ0) is 12.5. The molecule has 18 heavy (non-hydrogen) atoms. The topological polar surface area (TPSA) is 25.8 Å². The second-order valence-corrected chi connectivity index (χ2v) is 4.69. The van der Waals surface area contributed by atoms with E-state index in [0.29, 0.717) is 10.3 Å². The zero-order valence-corrected chi connectivity index (χ0v) is 10.8. The van der Waals surface area contributed by atoms with Crippen molar-refractivity contribution in [2.45, 2.75) is 0 Å². The maximum Gasteiger partial charge on any atom is 0.131 e. The van der Waals surface area contributed by atoms with E-state index in [4.69, 9.17) is 23.2 Å². The van der Waals surface area contributed by atoms with Gasteiger partial charge in [-0.05, 0) is 29.8 Å². The summed E-state index contributed by atoms with van der Waals surface area (Å²) in [6.45, 7) is 0. The second-order valence-electron chi connectivity index (χ2n) is 3.92. The van der Waals surface area contributed by atoms with Crippen LogP contribution in [-0.2, 0) is 0 Å². The van der Waals surface area contributed by atoms with E-state index >= 15 is 0 Å². The van der Waals surface area contributed by atoms with Gasteiger partial charge < -0.3 is 0 Å². The lowest BCUT2D eigenvalue weighted by atomic mass is 10.1. The van der Waals surface area contributed by atoms with Crippen LogP contribution in [0, 0.1) is 0 Å². The van der Waals surface area contributed by atoms with E-state index in [-0.39, 0.29) is 0 Å². The number of rotatable bonds is 1. The minimum absolute atomic E-state index is 0.380. The van der Waals surface area contributed by atoms with E-state index in [1.54, 1.807) is 12.1 Å². The summed E-state index contributed by atoms with van der Waals surface area (Å²) in [5, 5.41) is 1.84. The number of benzene rings is 1. The number of hydrogen-bond donors (Lipinski definition) is 0. The third-order valence-electron chi connectivity index (χ3n) is 2.69. The SMILES string of the molecule is Clc1cc(-c2cnc3ccccc3c2)cc(Cl)n1. The first-order valence-corrected chi connectivity index (χ1v) is 6.16. The highest BCUT2D eigenvalue weighted by Gasteiger charge is 2.04. The molecule has 0 aliphatic rings. The molecule has 88 valence electrons. The van der Waals surface area contributed by atoms with Gasteiger partial charge in [0.1, 0.15) is 10.3 Å². The average Bonchev–Trinajstić information content (AvgIpc) is 2.37. The first-order valence-electron chi connectivity index (χ1n) is 5.41. The highest BCUT2D eigenvalue weighted by atomic mass is 35.5. The zero-order valence-electron chi connectivity index (χ0n) is 9.27. The lowest BCUT2D eigenvalue weighted by molar-refractivity contribution is 1.32. The maximum absolute atomic E-state index is 5.90. The second kappa shape index (κ2) is 4.56. The van der Waals surface area contributed by atoms with Gasteiger partial charge in [0, 0.05) is 17.1 Å². The number of fused-ring (bicyclic) bond motifs is 1. The van der Waals surface area contributed by atoms with Gasteiger partial charge >= 0.3 is 0 Å². The van der Waals surface area contributed by atoms with Crippen LogP contribution in [0.1, 0.15) is 0 Å². The van der Waals surface area contributed by atoms with Crippen molar-refractivity contribution in [3.63, 3.8) is 0 Å².